The Labute approximate surface area is 110 Å². The van der Waals surface area contributed by atoms with Gasteiger partial charge in [-0.2, -0.15) is 0 Å². The number of nitrogens with zero attached hydrogens (tertiary/aromatic N) is 1. The fourth-order valence-electron chi connectivity index (χ4n) is 2.17. The molecule has 1 aliphatic carbocycles. The Balaban J connectivity index is 1.95. The lowest BCUT2D eigenvalue weighted by molar-refractivity contribution is -0.384. The third kappa shape index (κ3) is 2.18. The van der Waals surface area contributed by atoms with Gasteiger partial charge in [-0.1, -0.05) is 36.4 Å². The molecule has 0 atom stereocenters. The Morgan fingerprint density at radius 1 is 0.947 bits per heavy atom. The molecule has 2 aromatic rings. The van der Waals surface area contributed by atoms with Gasteiger partial charge in [0, 0.05) is 12.1 Å². The van der Waals surface area contributed by atoms with Gasteiger partial charge in [0.25, 0.3) is 5.69 Å². The van der Waals surface area contributed by atoms with Crippen LogP contribution in [0.3, 0.4) is 0 Å². The van der Waals surface area contributed by atoms with Crippen LogP contribution in [0.2, 0.25) is 0 Å². The van der Waals surface area contributed by atoms with Gasteiger partial charge in [-0.15, -0.1) is 0 Å². The SMILES string of the molecule is O=[N+]([O-])c1ccc(/C=C2/C=Cc3ccccc32)cc1. The number of hydrogen-bond acceptors (Lipinski definition) is 2. The molecule has 0 radical (unpaired) electrons. The first kappa shape index (κ1) is 11.4. The first-order valence-corrected chi connectivity index (χ1v) is 5.98. The van der Waals surface area contributed by atoms with Crippen molar-refractivity contribution in [2.24, 2.45) is 0 Å². The van der Waals surface area contributed by atoms with E-state index in [0.29, 0.717) is 0 Å². The Morgan fingerprint density at radius 2 is 1.68 bits per heavy atom. The van der Waals surface area contributed by atoms with Crippen LogP contribution >= 0.6 is 0 Å². The van der Waals surface area contributed by atoms with Crippen molar-refractivity contribution in [2.75, 3.05) is 0 Å². The molecule has 0 aliphatic heterocycles. The van der Waals surface area contributed by atoms with Crippen molar-refractivity contribution in [3.05, 3.63) is 81.4 Å². The highest BCUT2D eigenvalue weighted by atomic mass is 16.6. The number of hydrogen-bond donors (Lipinski definition) is 0. The summed E-state index contributed by atoms with van der Waals surface area (Å²) in [5.41, 5.74) is 4.60. The monoisotopic (exact) mass is 249 g/mol. The van der Waals surface area contributed by atoms with E-state index in [4.69, 9.17) is 0 Å². The molecule has 0 saturated carbocycles. The van der Waals surface area contributed by atoms with Gasteiger partial charge in [0.15, 0.2) is 0 Å². The number of nitro benzene ring substituents is 1. The Kier molecular flexibility index (Phi) is 2.72. The first-order valence-electron chi connectivity index (χ1n) is 5.98. The molecule has 92 valence electrons. The molecule has 3 nitrogen and oxygen atoms in total. The molecule has 0 amide bonds. The minimum atomic E-state index is -0.387. The Morgan fingerprint density at radius 3 is 2.42 bits per heavy atom. The van der Waals surface area contributed by atoms with E-state index in [2.05, 4.69) is 24.3 Å². The van der Waals surface area contributed by atoms with Gasteiger partial charge < -0.3 is 0 Å². The van der Waals surface area contributed by atoms with Crippen molar-refractivity contribution in [1.82, 2.24) is 0 Å². The summed E-state index contributed by atoms with van der Waals surface area (Å²) in [7, 11) is 0. The molecule has 0 N–H and O–H groups in total. The summed E-state index contributed by atoms with van der Waals surface area (Å²) in [5, 5.41) is 10.6. The zero-order valence-corrected chi connectivity index (χ0v) is 10.1. The van der Waals surface area contributed by atoms with Gasteiger partial charge in [-0.25, -0.2) is 0 Å². The van der Waals surface area contributed by atoms with Crippen molar-refractivity contribution >= 4 is 23.4 Å². The predicted octanol–water partition coefficient (Wildman–Crippen LogP) is 4.16. The largest absolute Gasteiger partial charge is 0.269 e. The van der Waals surface area contributed by atoms with E-state index in [-0.39, 0.29) is 10.6 Å². The Hall–Kier alpha value is -2.68. The normalized spacial score (nSPS) is 14.6. The quantitative estimate of drug-likeness (QED) is 0.592. The van der Waals surface area contributed by atoms with Crippen LogP contribution in [-0.2, 0) is 0 Å². The summed E-state index contributed by atoms with van der Waals surface area (Å²) in [6.07, 6.45) is 6.17. The molecule has 0 saturated heterocycles. The van der Waals surface area contributed by atoms with E-state index in [0.717, 1.165) is 11.1 Å². The van der Waals surface area contributed by atoms with Crippen LogP contribution in [0.5, 0.6) is 0 Å². The maximum absolute atomic E-state index is 10.6. The van der Waals surface area contributed by atoms with Gasteiger partial charge in [0.2, 0.25) is 0 Å². The fourth-order valence-corrected chi connectivity index (χ4v) is 2.17. The summed E-state index contributed by atoms with van der Waals surface area (Å²) in [4.78, 5) is 10.2. The van der Waals surface area contributed by atoms with Gasteiger partial charge in [0.1, 0.15) is 0 Å². The maximum atomic E-state index is 10.6. The van der Waals surface area contributed by atoms with Gasteiger partial charge in [0.05, 0.1) is 4.92 Å². The fraction of sp³-hybridized carbons (Fsp3) is 0. The number of fused-ring (bicyclic) bond motifs is 1. The second kappa shape index (κ2) is 4.53. The van der Waals surface area contributed by atoms with Crippen LogP contribution in [0, 0.1) is 10.1 Å². The molecular weight excluding hydrogens is 238 g/mol. The molecule has 0 aromatic heterocycles. The lowest BCUT2D eigenvalue weighted by atomic mass is 10.0. The minimum Gasteiger partial charge on any atom is -0.258 e. The van der Waals surface area contributed by atoms with Crippen LogP contribution in [0.1, 0.15) is 16.7 Å². The van der Waals surface area contributed by atoms with E-state index in [9.17, 15) is 10.1 Å². The molecule has 2 aromatic carbocycles. The number of rotatable bonds is 2. The summed E-state index contributed by atoms with van der Waals surface area (Å²) >= 11 is 0. The van der Waals surface area contributed by atoms with E-state index in [1.165, 1.54) is 23.3 Å². The summed E-state index contributed by atoms with van der Waals surface area (Å²) in [5.74, 6) is 0. The van der Waals surface area contributed by atoms with Crippen LogP contribution in [0.15, 0.2) is 54.6 Å². The molecular formula is C16H11NO2. The van der Waals surface area contributed by atoms with E-state index < -0.39 is 0 Å². The second-order valence-electron chi connectivity index (χ2n) is 4.37. The van der Waals surface area contributed by atoms with Crippen molar-refractivity contribution < 1.29 is 4.92 Å². The topological polar surface area (TPSA) is 43.1 Å². The molecule has 3 rings (SSSR count). The standard InChI is InChI=1S/C16H11NO2/c18-17(19)15-9-5-12(6-10-15)11-14-8-7-13-3-1-2-4-16(13)14/h1-11H/b14-11-. The van der Waals surface area contributed by atoms with E-state index in [1.807, 2.05) is 18.2 Å². The van der Waals surface area contributed by atoms with Crippen LogP contribution < -0.4 is 0 Å². The highest BCUT2D eigenvalue weighted by Crippen LogP contribution is 2.30. The van der Waals surface area contributed by atoms with Gasteiger partial charge in [-0.05, 0) is 40.5 Å². The lowest BCUT2D eigenvalue weighted by Crippen LogP contribution is -1.87. The zero-order valence-electron chi connectivity index (χ0n) is 10.1. The molecule has 0 bridgehead atoms. The molecule has 3 heteroatoms. The highest BCUT2D eigenvalue weighted by molar-refractivity contribution is 5.97. The summed E-state index contributed by atoms with van der Waals surface area (Å²) in [6, 6.07) is 14.7. The lowest BCUT2D eigenvalue weighted by Gasteiger charge is -2.01. The molecule has 0 unspecified atom stereocenters. The molecule has 0 spiro atoms. The van der Waals surface area contributed by atoms with Crippen molar-refractivity contribution in [3.63, 3.8) is 0 Å². The highest BCUT2D eigenvalue weighted by Gasteiger charge is 2.09. The van der Waals surface area contributed by atoms with Crippen LogP contribution in [-0.4, -0.2) is 4.92 Å². The average Bonchev–Trinajstić information content (AvgIpc) is 2.83. The van der Waals surface area contributed by atoms with Crippen LogP contribution in [0.4, 0.5) is 5.69 Å². The third-order valence-corrected chi connectivity index (χ3v) is 3.14. The average molecular weight is 249 g/mol. The number of nitro groups is 1. The van der Waals surface area contributed by atoms with Crippen molar-refractivity contribution in [1.29, 1.82) is 0 Å². The maximum Gasteiger partial charge on any atom is 0.269 e. The number of benzene rings is 2. The van der Waals surface area contributed by atoms with Crippen LogP contribution in [0.25, 0.3) is 17.7 Å². The predicted molar refractivity (Wildman–Crippen MR) is 76.4 cm³/mol. The van der Waals surface area contributed by atoms with Gasteiger partial charge >= 0.3 is 0 Å². The smallest absolute Gasteiger partial charge is 0.258 e. The minimum absolute atomic E-state index is 0.115. The Bertz CT molecular complexity index is 697. The third-order valence-electron chi connectivity index (χ3n) is 3.14. The molecule has 0 heterocycles. The molecule has 1 aliphatic rings. The zero-order chi connectivity index (χ0) is 13.2. The molecule has 19 heavy (non-hydrogen) atoms. The van der Waals surface area contributed by atoms with E-state index >= 15 is 0 Å². The summed E-state index contributed by atoms with van der Waals surface area (Å²) < 4.78 is 0. The van der Waals surface area contributed by atoms with Crippen molar-refractivity contribution in [2.45, 2.75) is 0 Å². The van der Waals surface area contributed by atoms with E-state index in [1.54, 1.807) is 12.1 Å². The molecule has 0 fully saturated rings. The summed E-state index contributed by atoms with van der Waals surface area (Å²) in [6.45, 7) is 0. The number of non-ortho nitro benzene ring substituents is 1. The van der Waals surface area contributed by atoms with Gasteiger partial charge in [-0.3, -0.25) is 10.1 Å². The first-order chi connectivity index (χ1) is 9.24. The number of allylic oxidation sites excluding steroid dienone is 2. The van der Waals surface area contributed by atoms with Crippen molar-refractivity contribution in [3.8, 4) is 0 Å². The second-order valence-corrected chi connectivity index (χ2v) is 4.37.